The number of hydrogen-bond acceptors (Lipinski definition) is 3. The van der Waals surface area contributed by atoms with Crippen molar-refractivity contribution in [1.82, 2.24) is 4.90 Å². The molecular weight excluding hydrogens is 238 g/mol. The number of aliphatic hydroxyl groups is 2. The van der Waals surface area contributed by atoms with Gasteiger partial charge in [0, 0.05) is 12.1 Å². The lowest BCUT2D eigenvalue weighted by Gasteiger charge is -2.33. The van der Waals surface area contributed by atoms with E-state index in [4.69, 9.17) is 0 Å². The Morgan fingerprint density at radius 1 is 1.37 bits per heavy atom. The predicted molar refractivity (Wildman–Crippen MR) is 74.9 cm³/mol. The smallest absolute Gasteiger partial charge is 0.0951 e. The first-order valence-corrected chi connectivity index (χ1v) is 7.36. The molecule has 2 N–H and O–H groups in total. The number of hydrogen-bond donors (Lipinski definition) is 2. The maximum Gasteiger partial charge on any atom is 0.0951 e. The van der Waals surface area contributed by atoms with E-state index in [1.54, 1.807) is 0 Å². The molecule has 0 radical (unpaired) electrons. The molecule has 2 aliphatic rings. The molecule has 19 heavy (non-hydrogen) atoms. The van der Waals surface area contributed by atoms with Gasteiger partial charge in [-0.05, 0) is 50.3 Å². The molecule has 1 aromatic carbocycles. The minimum Gasteiger partial charge on any atom is -0.393 e. The van der Waals surface area contributed by atoms with Gasteiger partial charge in [-0.25, -0.2) is 0 Å². The summed E-state index contributed by atoms with van der Waals surface area (Å²) in [6.45, 7) is 2.91. The molecule has 3 nitrogen and oxygen atoms in total. The van der Waals surface area contributed by atoms with Crippen LogP contribution in [0.15, 0.2) is 24.3 Å². The van der Waals surface area contributed by atoms with Crippen LogP contribution >= 0.6 is 0 Å². The van der Waals surface area contributed by atoms with Gasteiger partial charge < -0.3 is 10.2 Å². The van der Waals surface area contributed by atoms with Crippen molar-refractivity contribution in [1.29, 1.82) is 0 Å². The van der Waals surface area contributed by atoms with Crippen LogP contribution in [0, 0.1) is 0 Å². The predicted octanol–water partition coefficient (Wildman–Crippen LogP) is 1.88. The number of nitrogens with zero attached hydrogens (tertiary/aromatic N) is 1. The summed E-state index contributed by atoms with van der Waals surface area (Å²) < 4.78 is 0. The van der Waals surface area contributed by atoms with Crippen LogP contribution in [0.1, 0.15) is 43.4 Å². The van der Waals surface area contributed by atoms with Gasteiger partial charge in [0.05, 0.1) is 12.2 Å². The van der Waals surface area contributed by atoms with Gasteiger partial charge in [-0.3, -0.25) is 4.90 Å². The quantitative estimate of drug-likeness (QED) is 0.873. The molecule has 0 spiro atoms. The van der Waals surface area contributed by atoms with Crippen molar-refractivity contribution in [3.63, 3.8) is 0 Å². The fraction of sp³-hybridized carbons (Fsp3) is 0.625. The molecule has 1 fully saturated rings. The van der Waals surface area contributed by atoms with Crippen molar-refractivity contribution in [3.05, 3.63) is 35.4 Å². The molecule has 4 unspecified atom stereocenters. The number of rotatable bonds is 3. The Morgan fingerprint density at radius 3 is 2.89 bits per heavy atom. The molecule has 3 rings (SSSR count). The molecule has 1 aliphatic carbocycles. The van der Waals surface area contributed by atoms with E-state index < -0.39 is 0 Å². The first-order valence-electron chi connectivity index (χ1n) is 7.36. The summed E-state index contributed by atoms with van der Waals surface area (Å²) in [5.74, 6) is 0. The summed E-state index contributed by atoms with van der Waals surface area (Å²) in [6, 6.07) is 8.84. The molecule has 0 saturated carbocycles. The molecule has 1 aromatic rings. The Kier molecular flexibility index (Phi) is 3.61. The second kappa shape index (κ2) is 5.23. The van der Waals surface area contributed by atoms with Crippen LogP contribution in [0.3, 0.4) is 0 Å². The lowest BCUT2D eigenvalue weighted by Crippen LogP contribution is -2.42. The summed E-state index contributed by atoms with van der Waals surface area (Å²) >= 11 is 0. The van der Waals surface area contributed by atoms with Crippen molar-refractivity contribution in [2.75, 3.05) is 6.54 Å². The largest absolute Gasteiger partial charge is 0.393 e. The zero-order valence-electron chi connectivity index (χ0n) is 11.5. The highest BCUT2D eigenvalue weighted by Crippen LogP contribution is 2.38. The van der Waals surface area contributed by atoms with Gasteiger partial charge in [0.1, 0.15) is 0 Å². The van der Waals surface area contributed by atoms with E-state index in [-0.39, 0.29) is 18.2 Å². The van der Waals surface area contributed by atoms with Crippen LogP contribution in [0.25, 0.3) is 0 Å². The van der Waals surface area contributed by atoms with Crippen LogP contribution in [-0.4, -0.2) is 39.8 Å². The Hall–Kier alpha value is -0.900. The lowest BCUT2D eigenvalue weighted by molar-refractivity contribution is 0.0383. The molecule has 1 saturated heterocycles. The maximum absolute atomic E-state index is 10.5. The highest BCUT2D eigenvalue weighted by atomic mass is 16.3. The van der Waals surface area contributed by atoms with E-state index in [0.717, 1.165) is 31.4 Å². The van der Waals surface area contributed by atoms with Gasteiger partial charge in [-0.2, -0.15) is 0 Å². The maximum atomic E-state index is 10.5. The van der Waals surface area contributed by atoms with Crippen molar-refractivity contribution in [2.45, 2.75) is 56.9 Å². The van der Waals surface area contributed by atoms with Gasteiger partial charge in [0.15, 0.2) is 0 Å². The lowest BCUT2D eigenvalue weighted by atomic mass is 10.0. The summed E-state index contributed by atoms with van der Waals surface area (Å²) in [7, 11) is 0. The van der Waals surface area contributed by atoms with Gasteiger partial charge in [0.2, 0.25) is 0 Å². The van der Waals surface area contributed by atoms with Gasteiger partial charge in [0.25, 0.3) is 0 Å². The molecule has 0 aromatic heterocycles. The third kappa shape index (κ3) is 2.42. The minimum absolute atomic E-state index is 0.198. The summed E-state index contributed by atoms with van der Waals surface area (Å²) in [4.78, 5) is 2.43. The van der Waals surface area contributed by atoms with Crippen LogP contribution in [0.5, 0.6) is 0 Å². The molecule has 4 atom stereocenters. The highest BCUT2D eigenvalue weighted by Gasteiger charge is 2.39. The number of fused-ring (bicyclic) bond motifs is 1. The summed E-state index contributed by atoms with van der Waals surface area (Å²) in [6.07, 6.45) is 3.45. The third-order valence-electron chi connectivity index (χ3n) is 4.63. The fourth-order valence-corrected chi connectivity index (χ4v) is 3.79. The van der Waals surface area contributed by atoms with Crippen molar-refractivity contribution < 1.29 is 10.2 Å². The molecule has 104 valence electrons. The third-order valence-corrected chi connectivity index (χ3v) is 4.63. The van der Waals surface area contributed by atoms with Gasteiger partial charge >= 0.3 is 0 Å². The second-order valence-electron chi connectivity index (χ2n) is 6.03. The normalized spacial score (nSPS) is 32.5. The average Bonchev–Trinajstić information content (AvgIpc) is 2.94. The first kappa shape index (κ1) is 13.1. The number of aliphatic hydroxyl groups excluding tert-OH is 2. The Labute approximate surface area is 114 Å². The zero-order valence-corrected chi connectivity index (χ0v) is 11.5. The molecule has 3 heteroatoms. The van der Waals surface area contributed by atoms with Gasteiger partial charge in [-0.1, -0.05) is 24.3 Å². The fourth-order valence-electron chi connectivity index (χ4n) is 3.79. The van der Waals surface area contributed by atoms with E-state index in [2.05, 4.69) is 11.0 Å². The second-order valence-corrected chi connectivity index (χ2v) is 6.03. The standard InChI is InChI=1S/C16H23NO2/c1-11(18)9-13-6-4-8-17(13)15-10-12-5-2-3-7-14(12)16(15)19/h2-3,5,7,11,13,15-16,18-19H,4,6,8-10H2,1H3. The number of benzene rings is 1. The molecular formula is C16H23NO2. The SMILES string of the molecule is CC(O)CC1CCCN1C1Cc2ccccc2C1O. The molecule has 1 heterocycles. The Morgan fingerprint density at radius 2 is 2.16 bits per heavy atom. The zero-order chi connectivity index (χ0) is 13.4. The molecule has 0 bridgehead atoms. The van der Waals surface area contributed by atoms with E-state index in [1.807, 2.05) is 25.1 Å². The van der Waals surface area contributed by atoms with Crippen LogP contribution in [0.2, 0.25) is 0 Å². The monoisotopic (exact) mass is 261 g/mol. The topological polar surface area (TPSA) is 43.7 Å². The average molecular weight is 261 g/mol. The van der Waals surface area contributed by atoms with E-state index in [0.29, 0.717) is 6.04 Å². The summed E-state index contributed by atoms with van der Waals surface area (Å²) in [5, 5.41) is 20.2. The summed E-state index contributed by atoms with van der Waals surface area (Å²) in [5.41, 5.74) is 2.37. The molecule has 0 amide bonds. The van der Waals surface area contributed by atoms with Crippen LogP contribution < -0.4 is 0 Å². The van der Waals surface area contributed by atoms with Crippen LogP contribution in [0.4, 0.5) is 0 Å². The van der Waals surface area contributed by atoms with Crippen molar-refractivity contribution in [2.24, 2.45) is 0 Å². The van der Waals surface area contributed by atoms with E-state index >= 15 is 0 Å². The van der Waals surface area contributed by atoms with Crippen molar-refractivity contribution in [3.8, 4) is 0 Å². The first-order chi connectivity index (χ1) is 9.16. The van der Waals surface area contributed by atoms with Crippen molar-refractivity contribution >= 4 is 0 Å². The minimum atomic E-state index is -0.370. The van der Waals surface area contributed by atoms with E-state index in [9.17, 15) is 10.2 Å². The Bertz CT molecular complexity index is 446. The van der Waals surface area contributed by atoms with E-state index in [1.165, 1.54) is 12.0 Å². The molecule has 1 aliphatic heterocycles. The highest BCUT2D eigenvalue weighted by molar-refractivity contribution is 5.36. The Balaban J connectivity index is 1.77. The number of likely N-dealkylation sites (tertiary alicyclic amines) is 1. The van der Waals surface area contributed by atoms with Gasteiger partial charge in [-0.15, -0.1) is 0 Å². The van der Waals surface area contributed by atoms with Crippen LogP contribution in [-0.2, 0) is 6.42 Å².